The molecule has 0 saturated carbocycles. The van der Waals surface area contributed by atoms with Crippen LogP contribution in [-0.2, 0) is 0 Å². The number of anilines is 1. The number of piperidine rings is 1. The van der Waals surface area contributed by atoms with Gasteiger partial charge in [0.25, 0.3) is 0 Å². The minimum absolute atomic E-state index is 0.717. The molecule has 1 N–H and O–H groups in total. The average Bonchev–Trinajstić information content (AvgIpc) is 2.57. The van der Waals surface area contributed by atoms with Crippen LogP contribution in [0.3, 0.4) is 0 Å². The Hall–Kier alpha value is -1.06. The largest absolute Gasteiger partial charge is 0.369 e. The minimum atomic E-state index is 0.717. The van der Waals surface area contributed by atoms with E-state index in [1.165, 1.54) is 64.2 Å². The molecule has 3 nitrogen and oxygen atoms in total. The molecule has 1 atom stereocenters. The van der Waals surface area contributed by atoms with Crippen LogP contribution in [0.25, 0.3) is 0 Å². The fourth-order valence-corrected chi connectivity index (χ4v) is 3.79. The Morgan fingerprint density at radius 2 is 1.86 bits per heavy atom. The van der Waals surface area contributed by atoms with Crippen LogP contribution in [0, 0.1) is 5.92 Å². The lowest BCUT2D eigenvalue weighted by atomic mass is 9.96. The number of para-hydroxylation sites is 1. The van der Waals surface area contributed by atoms with Gasteiger partial charge >= 0.3 is 0 Å². The van der Waals surface area contributed by atoms with Gasteiger partial charge in [0.05, 0.1) is 0 Å². The molecule has 2 fully saturated rings. The summed E-state index contributed by atoms with van der Waals surface area (Å²) in [5, 5.41) is 3.48. The van der Waals surface area contributed by atoms with Crippen LogP contribution in [-0.4, -0.2) is 50.2 Å². The van der Waals surface area contributed by atoms with Gasteiger partial charge in [0.15, 0.2) is 0 Å². The molecule has 21 heavy (non-hydrogen) atoms. The van der Waals surface area contributed by atoms with Gasteiger partial charge in [0.2, 0.25) is 0 Å². The quantitative estimate of drug-likeness (QED) is 0.918. The van der Waals surface area contributed by atoms with Crippen molar-refractivity contribution >= 4 is 5.69 Å². The maximum atomic E-state index is 3.48. The van der Waals surface area contributed by atoms with Gasteiger partial charge in [-0.25, -0.2) is 0 Å². The third kappa shape index (κ3) is 3.78. The summed E-state index contributed by atoms with van der Waals surface area (Å²) in [6.45, 7) is 9.66. The van der Waals surface area contributed by atoms with Crippen molar-refractivity contribution in [3.05, 3.63) is 30.3 Å². The van der Waals surface area contributed by atoms with Crippen molar-refractivity contribution in [1.29, 1.82) is 0 Å². The average molecular weight is 287 g/mol. The lowest BCUT2D eigenvalue weighted by Gasteiger charge is -2.44. The van der Waals surface area contributed by atoms with Gasteiger partial charge in [0, 0.05) is 37.9 Å². The van der Waals surface area contributed by atoms with E-state index in [9.17, 15) is 0 Å². The monoisotopic (exact) mass is 287 g/mol. The summed E-state index contributed by atoms with van der Waals surface area (Å²) in [5.41, 5.74) is 1.39. The van der Waals surface area contributed by atoms with E-state index in [4.69, 9.17) is 0 Å². The van der Waals surface area contributed by atoms with E-state index < -0.39 is 0 Å². The van der Waals surface area contributed by atoms with E-state index in [2.05, 4.69) is 52.4 Å². The number of hydrogen-bond acceptors (Lipinski definition) is 3. The highest BCUT2D eigenvalue weighted by molar-refractivity contribution is 5.46. The summed E-state index contributed by atoms with van der Waals surface area (Å²) in [6.07, 6.45) is 3.97. The molecule has 2 aliphatic heterocycles. The summed E-state index contributed by atoms with van der Waals surface area (Å²) < 4.78 is 0. The van der Waals surface area contributed by atoms with Crippen LogP contribution in [0.2, 0.25) is 0 Å². The van der Waals surface area contributed by atoms with E-state index in [-0.39, 0.29) is 0 Å². The van der Waals surface area contributed by atoms with Crippen molar-refractivity contribution < 1.29 is 0 Å². The standard InChI is InChI=1S/C18H29N3/c1-2-17-15-21(18-6-4-3-5-7-18)13-12-20(17)14-16-8-10-19-11-9-16/h3-7,16-17,19H,2,8-15H2,1H3. The first-order chi connectivity index (χ1) is 10.4. The minimum Gasteiger partial charge on any atom is -0.369 e. The third-order valence-electron chi connectivity index (χ3n) is 5.15. The second kappa shape index (κ2) is 7.28. The van der Waals surface area contributed by atoms with Crippen molar-refractivity contribution in [2.75, 3.05) is 44.2 Å². The number of hydrogen-bond donors (Lipinski definition) is 1. The number of nitrogens with one attached hydrogen (secondary N) is 1. The molecule has 0 aromatic heterocycles. The lowest BCUT2D eigenvalue weighted by molar-refractivity contribution is 0.134. The highest BCUT2D eigenvalue weighted by atomic mass is 15.3. The maximum absolute atomic E-state index is 3.48. The SMILES string of the molecule is CCC1CN(c2ccccc2)CCN1CC1CCNCC1. The molecule has 2 heterocycles. The zero-order valence-electron chi connectivity index (χ0n) is 13.3. The molecule has 0 aliphatic carbocycles. The molecule has 0 bridgehead atoms. The molecule has 3 heteroatoms. The normalized spacial score (nSPS) is 25.2. The molecule has 0 spiro atoms. The van der Waals surface area contributed by atoms with Crippen LogP contribution in [0.4, 0.5) is 5.69 Å². The summed E-state index contributed by atoms with van der Waals surface area (Å²) in [5.74, 6) is 0.906. The van der Waals surface area contributed by atoms with Crippen LogP contribution in [0.1, 0.15) is 26.2 Å². The Bertz CT molecular complexity index is 414. The fraction of sp³-hybridized carbons (Fsp3) is 0.667. The van der Waals surface area contributed by atoms with Crippen molar-refractivity contribution in [2.24, 2.45) is 5.92 Å². The topological polar surface area (TPSA) is 18.5 Å². The molecule has 2 saturated heterocycles. The predicted octanol–water partition coefficient (Wildman–Crippen LogP) is 2.59. The van der Waals surface area contributed by atoms with E-state index in [0.717, 1.165) is 5.92 Å². The van der Waals surface area contributed by atoms with Gasteiger partial charge in [0.1, 0.15) is 0 Å². The van der Waals surface area contributed by atoms with E-state index >= 15 is 0 Å². The first kappa shape index (κ1) is 14.9. The summed E-state index contributed by atoms with van der Waals surface area (Å²) in [6, 6.07) is 11.6. The molecular weight excluding hydrogens is 258 g/mol. The molecular formula is C18H29N3. The second-order valence-corrected chi connectivity index (χ2v) is 6.53. The smallest absolute Gasteiger partial charge is 0.0367 e. The second-order valence-electron chi connectivity index (χ2n) is 6.53. The lowest BCUT2D eigenvalue weighted by Crippen LogP contribution is -2.54. The Balaban J connectivity index is 1.58. The molecule has 1 aromatic carbocycles. The number of nitrogens with zero attached hydrogens (tertiary/aromatic N) is 2. The van der Waals surface area contributed by atoms with Crippen molar-refractivity contribution in [3.63, 3.8) is 0 Å². The Morgan fingerprint density at radius 3 is 2.57 bits per heavy atom. The molecule has 2 aliphatic rings. The molecule has 3 rings (SSSR count). The first-order valence-electron chi connectivity index (χ1n) is 8.61. The van der Waals surface area contributed by atoms with Gasteiger partial charge in [-0.05, 0) is 50.4 Å². The van der Waals surface area contributed by atoms with Crippen molar-refractivity contribution in [1.82, 2.24) is 10.2 Å². The number of benzene rings is 1. The van der Waals surface area contributed by atoms with Crippen LogP contribution >= 0.6 is 0 Å². The van der Waals surface area contributed by atoms with E-state index in [1.54, 1.807) is 0 Å². The first-order valence-corrected chi connectivity index (χ1v) is 8.61. The number of piperazine rings is 1. The fourth-order valence-electron chi connectivity index (χ4n) is 3.79. The van der Waals surface area contributed by atoms with Crippen LogP contribution in [0.15, 0.2) is 30.3 Å². The summed E-state index contributed by atoms with van der Waals surface area (Å²) >= 11 is 0. The van der Waals surface area contributed by atoms with E-state index in [0.29, 0.717) is 6.04 Å². The third-order valence-corrected chi connectivity index (χ3v) is 5.15. The molecule has 0 amide bonds. The van der Waals surface area contributed by atoms with Crippen molar-refractivity contribution in [3.8, 4) is 0 Å². The zero-order chi connectivity index (χ0) is 14.5. The van der Waals surface area contributed by atoms with Crippen molar-refractivity contribution in [2.45, 2.75) is 32.2 Å². The zero-order valence-corrected chi connectivity index (χ0v) is 13.3. The van der Waals surface area contributed by atoms with Gasteiger partial charge in [-0.3, -0.25) is 4.90 Å². The van der Waals surface area contributed by atoms with Crippen LogP contribution < -0.4 is 10.2 Å². The van der Waals surface area contributed by atoms with E-state index in [1.807, 2.05) is 0 Å². The van der Waals surface area contributed by atoms with Gasteiger partial charge in [-0.1, -0.05) is 25.1 Å². The molecule has 0 radical (unpaired) electrons. The van der Waals surface area contributed by atoms with Gasteiger partial charge < -0.3 is 10.2 Å². The predicted molar refractivity (Wildman–Crippen MR) is 89.9 cm³/mol. The highest BCUT2D eigenvalue weighted by Gasteiger charge is 2.28. The van der Waals surface area contributed by atoms with Gasteiger partial charge in [-0.15, -0.1) is 0 Å². The maximum Gasteiger partial charge on any atom is 0.0367 e. The van der Waals surface area contributed by atoms with Crippen LogP contribution in [0.5, 0.6) is 0 Å². The molecule has 1 unspecified atom stereocenters. The Kier molecular flexibility index (Phi) is 5.15. The number of rotatable bonds is 4. The van der Waals surface area contributed by atoms with Gasteiger partial charge in [-0.2, -0.15) is 0 Å². The highest BCUT2D eigenvalue weighted by Crippen LogP contribution is 2.23. The Labute approximate surface area is 129 Å². The summed E-state index contributed by atoms with van der Waals surface area (Å²) in [7, 11) is 0. The Morgan fingerprint density at radius 1 is 1.10 bits per heavy atom. The summed E-state index contributed by atoms with van der Waals surface area (Å²) in [4.78, 5) is 5.32. The molecule has 116 valence electrons. The molecule has 1 aromatic rings.